The summed E-state index contributed by atoms with van der Waals surface area (Å²) in [5.41, 5.74) is 0. The number of carbonyl (C=O) groups excluding carboxylic acids is 5. The number of nitrogens with one attached hydrogen (secondary N) is 2. The number of unbranched alkanes of at least 4 members (excludes halogenated alkanes) is 46. The number of aliphatic carboxylic acids is 1. The standard InChI is InChI=1S/C78H147N2O17P/c1-6-11-16-21-26-31-34-39-44-49-54-59-69(82)79-66(76(86)87)64-92-78-73(80-70(83)62-65(57-52-47-42-37-29-24-19-14-9-4)93-71(84)60-55-50-45-40-35-32-27-22-17-12-7-2)75(74(68(63-81)95-78)97-98(89,90)91)96-77(88)67(58-53-48-43-38-30-25-20-15-10-5)94-72(85)61-56-51-46-41-36-33-28-23-18-13-8-3/h65-68,73-75,78,81H,6-64H2,1-5H3,(H,79,82)(H,80,83)(H,86,87)(H2,89,90,91)/t65?,66-,67?,68+,73+,74+,75+,78+/m0/s1. The van der Waals surface area contributed by atoms with E-state index >= 15 is 0 Å². The molecule has 20 heteroatoms. The molecule has 2 unspecified atom stereocenters. The molecule has 1 fully saturated rings. The number of aliphatic hydroxyl groups is 1. The van der Waals surface area contributed by atoms with Crippen molar-refractivity contribution in [3.63, 3.8) is 0 Å². The van der Waals surface area contributed by atoms with Crippen molar-refractivity contribution in [1.82, 2.24) is 10.6 Å². The Bertz CT molecular complexity index is 2000. The topological polar surface area (TPSA) is 280 Å². The van der Waals surface area contributed by atoms with Crippen LogP contribution in [-0.2, 0) is 61.5 Å². The number of carbonyl (C=O) groups is 6. The molecule has 2 amide bonds. The minimum Gasteiger partial charge on any atom is -0.480 e. The number of phosphoric acid groups is 1. The van der Waals surface area contributed by atoms with E-state index in [1.54, 1.807) is 0 Å². The molecule has 0 aromatic heterocycles. The van der Waals surface area contributed by atoms with Gasteiger partial charge in [-0.2, -0.15) is 0 Å². The number of carboxylic acid groups (broad SMARTS) is 1. The fourth-order valence-electron chi connectivity index (χ4n) is 13.1. The lowest BCUT2D eigenvalue weighted by Gasteiger charge is -2.45. The first-order chi connectivity index (χ1) is 47.5. The normalized spacial score (nSPS) is 17.3. The lowest BCUT2D eigenvalue weighted by molar-refractivity contribution is -0.273. The Kier molecular flexibility index (Phi) is 61.2. The molecule has 0 saturated carbocycles. The molecule has 0 bridgehead atoms. The van der Waals surface area contributed by atoms with Crippen LogP contribution in [0.3, 0.4) is 0 Å². The summed E-state index contributed by atoms with van der Waals surface area (Å²) < 4.78 is 48.8. The van der Waals surface area contributed by atoms with Gasteiger partial charge in [0.15, 0.2) is 24.5 Å². The summed E-state index contributed by atoms with van der Waals surface area (Å²) in [5, 5.41) is 26.7. The number of hydrogen-bond acceptors (Lipinski definition) is 14. The van der Waals surface area contributed by atoms with Crippen molar-refractivity contribution in [2.75, 3.05) is 13.2 Å². The van der Waals surface area contributed by atoms with Crippen molar-refractivity contribution >= 4 is 43.5 Å². The maximum Gasteiger partial charge on any atom is 0.470 e. The average Bonchev–Trinajstić information content (AvgIpc) is 0.780. The van der Waals surface area contributed by atoms with E-state index in [1.807, 2.05) is 0 Å². The predicted molar refractivity (Wildman–Crippen MR) is 391 cm³/mol. The van der Waals surface area contributed by atoms with E-state index in [0.29, 0.717) is 44.9 Å². The maximum atomic E-state index is 14.9. The largest absolute Gasteiger partial charge is 0.480 e. The molecule has 8 atom stereocenters. The predicted octanol–water partition coefficient (Wildman–Crippen LogP) is 19.3. The average molecular weight is 1420 g/mol. The molecule has 0 spiro atoms. The van der Waals surface area contributed by atoms with E-state index in [2.05, 4.69) is 45.3 Å². The van der Waals surface area contributed by atoms with Gasteiger partial charge in [-0.25, -0.2) is 14.2 Å². The van der Waals surface area contributed by atoms with Gasteiger partial charge in [-0.15, -0.1) is 0 Å². The highest BCUT2D eigenvalue weighted by molar-refractivity contribution is 7.46. The monoisotopic (exact) mass is 1420 g/mol. The summed E-state index contributed by atoms with van der Waals surface area (Å²) in [7, 11) is -5.54. The minimum atomic E-state index is -5.54. The molecule has 1 aliphatic rings. The van der Waals surface area contributed by atoms with Gasteiger partial charge in [0.05, 0.1) is 19.6 Å². The molecule has 0 aliphatic carbocycles. The highest BCUT2D eigenvalue weighted by atomic mass is 31.2. The second kappa shape index (κ2) is 64.6. The van der Waals surface area contributed by atoms with Gasteiger partial charge in [0, 0.05) is 19.3 Å². The lowest BCUT2D eigenvalue weighted by Crippen LogP contribution is -2.67. The van der Waals surface area contributed by atoms with E-state index in [9.17, 15) is 53.3 Å². The van der Waals surface area contributed by atoms with Gasteiger partial charge < -0.3 is 54.3 Å². The first-order valence-corrected chi connectivity index (χ1v) is 42.1. The van der Waals surface area contributed by atoms with Crippen LogP contribution < -0.4 is 10.6 Å². The molecule has 1 rings (SSSR count). The summed E-state index contributed by atoms with van der Waals surface area (Å²) in [4.78, 5) is 104. The van der Waals surface area contributed by atoms with Crippen LogP contribution in [0, 0.1) is 0 Å². The molecule has 98 heavy (non-hydrogen) atoms. The third kappa shape index (κ3) is 52.7. The van der Waals surface area contributed by atoms with Gasteiger partial charge in [-0.3, -0.25) is 23.7 Å². The van der Waals surface area contributed by atoms with Gasteiger partial charge >= 0.3 is 31.7 Å². The number of amides is 2. The van der Waals surface area contributed by atoms with Crippen molar-refractivity contribution in [2.24, 2.45) is 0 Å². The number of rotatable bonds is 71. The van der Waals surface area contributed by atoms with Crippen LogP contribution in [0.15, 0.2) is 0 Å². The van der Waals surface area contributed by atoms with Crippen molar-refractivity contribution in [3.05, 3.63) is 0 Å². The zero-order valence-corrected chi connectivity index (χ0v) is 63.8. The Labute approximate surface area is 595 Å². The first-order valence-electron chi connectivity index (χ1n) is 40.6. The molecule has 1 aliphatic heterocycles. The minimum absolute atomic E-state index is 0.0334. The molecular formula is C78H147N2O17P. The van der Waals surface area contributed by atoms with Gasteiger partial charge in [0.25, 0.3) is 0 Å². The third-order valence-corrected chi connectivity index (χ3v) is 19.7. The quantitative estimate of drug-likeness (QED) is 0.0143. The molecule has 6 N–H and O–H groups in total. The van der Waals surface area contributed by atoms with Crippen molar-refractivity contribution in [1.29, 1.82) is 0 Å². The van der Waals surface area contributed by atoms with E-state index in [4.69, 9.17) is 28.2 Å². The number of ether oxygens (including phenoxy) is 5. The summed E-state index contributed by atoms with van der Waals surface area (Å²) in [6, 6.07) is -3.41. The van der Waals surface area contributed by atoms with Crippen LogP contribution in [0.4, 0.5) is 0 Å². The first kappa shape index (κ1) is 92.8. The Balaban J connectivity index is 3.69. The lowest BCUT2D eigenvalue weighted by atomic mass is 9.95. The van der Waals surface area contributed by atoms with Crippen LogP contribution in [0.1, 0.15) is 401 Å². The number of phosphoric ester groups is 1. The highest BCUT2D eigenvalue weighted by Gasteiger charge is 2.53. The zero-order chi connectivity index (χ0) is 72.0. The second-order valence-electron chi connectivity index (χ2n) is 28.5. The Morgan fingerprint density at radius 2 is 0.786 bits per heavy atom. The van der Waals surface area contributed by atoms with Gasteiger partial charge in [-0.1, -0.05) is 330 Å². The highest BCUT2D eigenvalue weighted by Crippen LogP contribution is 2.42. The number of carboxylic acids is 1. The Morgan fingerprint density at radius 1 is 0.439 bits per heavy atom. The van der Waals surface area contributed by atoms with Gasteiger partial charge in [0.2, 0.25) is 11.8 Å². The molecule has 0 aromatic rings. The molecule has 19 nitrogen and oxygen atoms in total. The zero-order valence-electron chi connectivity index (χ0n) is 62.9. The number of esters is 3. The molecule has 0 aromatic carbocycles. The SMILES string of the molecule is CCCCCCCCCCCCCC(=O)N[C@@H](CO[C@@H]1O[C@H](CO)[C@@H](OP(=O)(O)O)[C@H](OC(=O)C(CCCCCCCCCCC)OC(=O)CCCCCCCCCCCCC)[C@H]1NC(=O)CC(CCCCCCCCCCC)OC(=O)CCCCCCCCCCCCC)C(=O)O. The summed E-state index contributed by atoms with van der Waals surface area (Å²) in [6.45, 7) is 9.21. The molecule has 1 heterocycles. The van der Waals surface area contributed by atoms with Crippen LogP contribution in [0.5, 0.6) is 0 Å². The molecular weight excluding hydrogens is 1270 g/mol. The number of hydrogen-bond donors (Lipinski definition) is 6. The molecule has 1 saturated heterocycles. The van der Waals surface area contributed by atoms with Crippen molar-refractivity contribution < 1.29 is 81.5 Å². The van der Waals surface area contributed by atoms with Crippen molar-refractivity contribution in [3.8, 4) is 0 Å². The Morgan fingerprint density at radius 3 is 1.15 bits per heavy atom. The van der Waals surface area contributed by atoms with Gasteiger partial charge in [0.1, 0.15) is 24.4 Å². The van der Waals surface area contributed by atoms with Crippen LogP contribution in [0.25, 0.3) is 0 Å². The molecule has 0 radical (unpaired) electrons. The summed E-state index contributed by atoms with van der Waals surface area (Å²) in [6.07, 6.45) is 44.0. The van der Waals surface area contributed by atoms with Crippen LogP contribution >= 0.6 is 7.82 Å². The fourth-order valence-corrected chi connectivity index (χ4v) is 13.7. The van der Waals surface area contributed by atoms with E-state index in [-0.39, 0.29) is 25.7 Å². The fraction of sp³-hybridized carbons (Fsp3) is 0.923. The van der Waals surface area contributed by atoms with Gasteiger partial charge in [-0.05, 0) is 44.9 Å². The van der Waals surface area contributed by atoms with E-state index in [1.165, 1.54) is 135 Å². The second-order valence-corrected chi connectivity index (χ2v) is 29.6. The van der Waals surface area contributed by atoms with Crippen LogP contribution in [-0.4, -0.2) is 118 Å². The van der Waals surface area contributed by atoms with Crippen LogP contribution in [0.2, 0.25) is 0 Å². The summed E-state index contributed by atoms with van der Waals surface area (Å²) in [5.74, 6) is -4.96. The molecule has 576 valence electrons. The third-order valence-electron chi connectivity index (χ3n) is 19.1. The van der Waals surface area contributed by atoms with E-state index in [0.717, 1.165) is 154 Å². The van der Waals surface area contributed by atoms with E-state index < -0.39 is 112 Å². The Hall–Kier alpha value is -3.19. The number of aliphatic hydroxyl groups excluding tert-OH is 1. The van der Waals surface area contributed by atoms with Crippen molar-refractivity contribution in [2.45, 2.75) is 449 Å². The smallest absolute Gasteiger partial charge is 0.470 e. The maximum absolute atomic E-state index is 14.9. The summed E-state index contributed by atoms with van der Waals surface area (Å²) >= 11 is 0.